The standard InChI is InChI=1S/C18H22N4O4/c1-12-4-5-14(13(2)20-12)26-18(16(23)24)7-10-22(11-8-18)17-19-9-6-15(21-17)25-3/h4-6,9H,7-8,10-11H2,1-3H3,(H,23,24). The molecule has 1 N–H and O–H groups in total. The molecular formula is C18H22N4O4. The summed E-state index contributed by atoms with van der Waals surface area (Å²) in [5.41, 5.74) is 0.269. The molecule has 0 aromatic carbocycles. The second-order valence-electron chi connectivity index (χ2n) is 6.32. The van der Waals surface area contributed by atoms with Gasteiger partial charge < -0.3 is 19.5 Å². The average Bonchev–Trinajstić information content (AvgIpc) is 2.64. The Morgan fingerprint density at radius 3 is 2.54 bits per heavy atom. The Balaban J connectivity index is 1.77. The maximum absolute atomic E-state index is 12.0. The predicted molar refractivity (Wildman–Crippen MR) is 94.7 cm³/mol. The fraction of sp³-hybridized carbons (Fsp3) is 0.444. The van der Waals surface area contributed by atoms with E-state index in [2.05, 4.69) is 15.0 Å². The normalized spacial score (nSPS) is 16.2. The molecule has 0 amide bonds. The average molecular weight is 358 g/mol. The molecule has 2 aromatic heterocycles. The van der Waals surface area contributed by atoms with E-state index in [1.54, 1.807) is 25.4 Å². The molecule has 3 rings (SSSR count). The van der Waals surface area contributed by atoms with Gasteiger partial charge in [0.05, 0.1) is 12.8 Å². The van der Waals surface area contributed by atoms with Crippen LogP contribution in [0.5, 0.6) is 11.6 Å². The molecule has 0 bridgehead atoms. The van der Waals surface area contributed by atoms with E-state index >= 15 is 0 Å². The molecule has 1 fully saturated rings. The highest BCUT2D eigenvalue weighted by Gasteiger charge is 2.45. The van der Waals surface area contributed by atoms with Crippen LogP contribution in [0.2, 0.25) is 0 Å². The van der Waals surface area contributed by atoms with Crippen molar-refractivity contribution in [2.75, 3.05) is 25.1 Å². The largest absolute Gasteiger partial charge is 0.481 e. The Bertz CT molecular complexity index is 804. The zero-order chi connectivity index (χ0) is 18.7. The molecule has 1 saturated heterocycles. The number of aliphatic carboxylic acids is 1. The summed E-state index contributed by atoms with van der Waals surface area (Å²) in [4.78, 5) is 26.8. The van der Waals surface area contributed by atoms with Gasteiger partial charge >= 0.3 is 5.97 Å². The summed E-state index contributed by atoms with van der Waals surface area (Å²) in [6.45, 7) is 4.64. The number of carboxylic acid groups (broad SMARTS) is 1. The van der Waals surface area contributed by atoms with Gasteiger partial charge in [0.25, 0.3) is 0 Å². The first-order valence-corrected chi connectivity index (χ1v) is 8.42. The third-order valence-electron chi connectivity index (χ3n) is 4.55. The number of hydrogen-bond acceptors (Lipinski definition) is 7. The van der Waals surface area contributed by atoms with Crippen molar-refractivity contribution in [2.24, 2.45) is 0 Å². The fourth-order valence-corrected chi connectivity index (χ4v) is 3.02. The third kappa shape index (κ3) is 3.54. The molecule has 0 spiro atoms. The Labute approximate surface area is 151 Å². The Hall–Kier alpha value is -2.90. The molecule has 8 heteroatoms. The molecule has 8 nitrogen and oxygen atoms in total. The lowest BCUT2D eigenvalue weighted by molar-refractivity contribution is -0.157. The van der Waals surface area contributed by atoms with Gasteiger partial charge in [-0.15, -0.1) is 0 Å². The van der Waals surface area contributed by atoms with Crippen LogP contribution in [0.4, 0.5) is 5.95 Å². The number of carboxylic acids is 1. The van der Waals surface area contributed by atoms with Crippen molar-refractivity contribution in [3.8, 4) is 11.6 Å². The van der Waals surface area contributed by atoms with Crippen LogP contribution in [0.15, 0.2) is 24.4 Å². The lowest BCUT2D eigenvalue weighted by atomic mass is 9.91. The lowest BCUT2D eigenvalue weighted by Crippen LogP contribution is -2.53. The maximum Gasteiger partial charge on any atom is 0.348 e. The molecular weight excluding hydrogens is 336 g/mol. The van der Waals surface area contributed by atoms with E-state index < -0.39 is 11.6 Å². The number of carbonyl (C=O) groups is 1. The topological polar surface area (TPSA) is 97.7 Å². The third-order valence-corrected chi connectivity index (χ3v) is 4.55. The zero-order valence-electron chi connectivity index (χ0n) is 15.1. The van der Waals surface area contributed by atoms with Crippen molar-refractivity contribution in [3.05, 3.63) is 35.8 Å². The summed E-state index contributed by atoms with van der Waals surface area (Å²) in [5, 5.41) is 9.82. The molecule has 0 aliphatic carbocycles. The molecule has 0 atom stereocenters. The van der Waals surface area contributed by atoms with Crippen molar-refractivity contribution in [2.45, 2.75) is 32.3 Å². The van der Waals surface area contributed by atoms with Crippen molar-refractivity contribution in [3.63, 3.8) is 0 Å². The van der Waals surface area contributed by atoms with Crippen LogP contribution in [0.3, 0.4) is 0 Å². The molecule has 0 radical (unpaired) electrons. The van der Waals surface area contributed by atoms with Crippen LogP contribution in [-0.4, -0.2) is 51.8 Å². The van der Waals surface area contributed by atoms with Gasteiger partial charge in [-0.05, 0) is 26.0 Å². The van der Waals surface area contributed by atoms with Crippen molar-refractivity contribution >= 4 is 11.9 Å². The summed E-state index contributed by atoms with van der Waals surface area (Å²) in [6.07, 6.45) is 2.25. The summed E-state index contributed by atoms with van der Waals surface area (Å²) in [5.74, 6) is 0.534. The van der Waals surface area contributed by atoms with Gasteiger partial charge in [0.1, 0.15) is 5.75 Å². The second kappa shape index (κ2) is 7.15. The van der Waals surface area contributed by atoms with Gasteiger partial charge in [-0.1, -0.05) is 0 Å². The fourth-order valence-electron chi connectivity index (χ4n) is 3.02. The van der Waals surface area contributed by atoms with Gasteiger partial charge in [0.15, 0.2) is 0 Å². The van der Waals surface area contributed by atoms with Gasteiger partial charge in [-0.25, -0.2) is 9.78 Å². The second-order valence-corrected chi connectivity index (χ2v) is 6.32. The monoisotopic (exact) mass is 358 g/mol. The van der Waals surface area contributed by atoms with Gasteiger partial charge in [0, 0.05) is 43.9 Å². The molecule has 0 unspecified atom stereocenters. The number of ether oxygens (including phenoxy) is 2. The summed E-state index contributed by atoms with van der Waals surface area (Å²) < 4.78 is 11.1. The highest BCUT2D eigenvalue weighted by atomic mass is 16.5. The van der Waals surface area contributed by atoms with E-state index in [0.717, 1.165) is 5.69 Å². The Morgan fingerprint density at radius 1 is 1.19 bits per heavy atom. The highest BCUT2D eigenvalue weighted by molar-refractivity contribution is 5.78. The molecule has 0 saturated carbocycles. The minimum Gasteiger partial charge on any atom is -0.481 e. The number of nitrogens with zero attached hydrogens (tertiary/aromatic N) is 4. The number of aromatic nitrogens is 3. The Morgan fingerprint density at radius 2 is 1.92 bits per heavy atom. The van der Waals surface area contributed by atoms with Crippen LogP contribution in [0.25, 0.3) is 0 Å². The van der Waals surface area contributed by atoms with E-state index in [1.165, 1.54) is 0 Å². The smallest absolute Gasteiger partial charge is 0.348 e. The van der Waals surface area contributed by atoms with E-state index in [-0.39, 0.29) is 0 Å². The van der Waals surface area contributed by atoms with Crippen LogP contribution >= 0.6 is 0 Å². The molecule has 138 valence electrons. The minimum atomic E-state index is -1.28. The molecule has 26 heavy (non-hydrogen) atoms. The van der Waals surface area contributed by atoms with Gasteiger partial charge in [0.2, 0.25) is 17.4 Å². The quantitative estimate of drug-likeness (QED) is 0.867. The van der Waals surface area contributed by atoms with Crippen molar-refractivity contribution in [1.29, 1.82) is 0 Å². The van der Waals surface area contributed by atoms with Gasteiger partial charge in [-0.2, -0.15) is 4.98 Å². The van der Waals surface area contributed by atoms with Crippen LogP contribution in [0.1, 0.15) is 24.2 Å². The number of anilines is 1. The number of aryl methyl sites for hydroxylation is 2. The van der Waals surface area contributed by atoms with Crippen LogP contribution < -0.4 is 14.4 Å². The number of methoxy groups -OCH3 is 1. The van der Waals surface area contributed by atoms with E-state index in [0.29, 0.717) is 49.2 Å². The van der Waals surface area contributed by atoms with E-state index in [4.69, 9.17) is 9.47 Å². The predicted octanol–water partition coefficient (Wildman–Crippen LogP) is 2.00. The van der Waals surface area contributed by atoms with Crippen molar-refractivity contribution in [1.82, 2.24) is 15.0 Å². The summed E-state index contributed by atoms with van der Waals surface area (Å²) >= 11 is 0. The number of piperidine rings is 1. The summed E-state index contributed by atoms with van der Waals surface area (Å²) in [6, 6.07) is 5.27. The number of hydrogen-bond donors (Lipinski definition) is 1. The summed E-state index contributed by atoms with van der Waals surface area (Å²) in [7, 11) is 1.55. The molecule has 1 aliphatic rings. The van der Waals surface area contributed by atoms with Crippen LogP contribution in [-0.2, 0) is 4.79 Å². The van der Waals surface area contributed by atoms with E-state index in [1.807, 2.05) is 24.8 Å². The van der Waals surface area contributed by atoms with E-state index in [9.17, 15) is 9.90 Å². The van der Waals surface area contributed by atoms with Gasteiger partial charge in [-0.3, -0.25) is 4.98 Å². The van der Waals surface area contributed by atoms with Crippen molar-refractivity contribution < 1.29 is 19.4 Å². The molecule has 3 heterocycles. The molecule has 1 aliphatic heterocycles. The maximum atomic E-state index is 12.0. The Kier molecular flexibility index (Phi) is 4.92. The first-order valence-electron chi connectivity index (χ1n) is 8.42. The number of pyridine rings is 1. The first kappa shape index (κ1) is 17.9. The SMILES string of the molecule is COc1ccnc(N2CCC(Oc3ccc(C)nc3C)(C(=O)O)CC2)n1. The number of rotatable bonds is 5. The van der Waals surface area contributed by atoms with Crippen LogP contribution in [0, 0.1) is 13.8 Å². The first-order chi connectivity index (χ1) is 12.4. The molecule has 2 aromatic rings. The highest BCUT2D eigenvalue weighted by Crippen LogP contribution is 2.32. The lowest BCUT2D eigenvalue weighted by Gasteiger charge is -2.39. The zero-order valence-corrected chi connectivity index (χ0v) is 15.1. The minimum absolute atomic E-state index is 0.316.